The van der Waals surface area contributed by atoms with E-state index in [2.05, 4.69) is 67.9 Å². The molecule has 0 bridgehead atoms. The summed E-state index contributed by atoms with van der Waals surface area (Å²) in [4.78, 5) is 17.1. The zero-order chi connectivity index (χ0) is 27.6. The average Bonchev–Trinajstić information content (AvgIpc) is 3.72. The number of imidazole rings is 1. The molecule has 0 saturated heterocycles. The minimum absolute atomic E-state index is 0.513. The largest absolute Gasteiger partial charge is 0.359 e. The monoisotopic (exact) mass is 530 g/mol. The standard InChI is InChI=1S/C32H34N8/c1-5-22(12-24(6-2)36-21(4)23-10-8-7-9-11-23)27-14-26-30(16-34-27)38-39-32(26)28-13-25-29(37-28)15-33-17-31(25)40-18-20(3)35-19-40/h5-6,12-19,23,36-37H,2,4,7-11H2,1,3H3,(H,38,39)/b22-5+,24-12+. The third-order valence-electron chi connectivity index (χ3n) is 7.76. The van der Waals surface area contributed by atoms with Crippen LogP contribution in [-0.2, 0) is 0 Å². The number of nitrogens with zero attached hydrogens (tertiary/aromatic N) is 5. The number of aryl methyl sites for hydroxylation is 1. The molecule has 0 amide bonds. The Bertz CT molecular complexity index is 1770. The first kappa shape index (κ1) is 25.6. The van der Waals surface area contributed by atoms with Gasteiger partial charge in [-0.05, 0) is 62.5 Å². The zero-order valence-corrected chi connectivity index (χ0v) is 23.0. The number of nitrogens with one attached hydrogen (secondary N) is 3. The summed E-state index contributed by atoms with van der Waals surface area (Å²) in [5.41, 5.74) is 9.28. The van der Waals surface area contributed by atoms with Crippen LogP contribution < -0.4 is 5.32 Å². The molecular formula is C32H34N8. The second kappa shape index (κ2) is 10.8. The van der Waals surface area contributed by atoms with Gasteiger partial charge < -0.3 is 14.9 Å². The maximum Gasteiger partial charge on any atom is 0.116 e. The van der Waals surface area contributed by atoms with Crippen LogP contribution in [0.2, 0.25) is 0 Å². The van der Waals surface area contributed by atoms with Gasteiger partial charge in [0.05, 0.1) is 58.7 Å². The van der Waals surface area contributed by atoms with E-state index in [0.717, 1.165) is 67.2 Å². The minimum atomic E-state index is 0.513. The molecule has 1 aliphatic rings. The van der Waals surface area contributed by atoms with Crippen LogP contribution in [-0.4, -0.2) is 34.7 Å². The van der Waals surface area contributed by atoms with Gasteiger partial charge in [-0.25, -0.2) is 4.98 Å². The Morgan fingerprint density at radius 2 is 1.93 bits per heavy atom. The Labute approximate surface area is 233 Å². The average molecular weight is 531 g/mol. The van der Waals surface area contributed by atoms with Gasteiger partial charge in [-0.15, -0.1) is 0 Å². The highest BCUT2D eigenvalue weighted by Gasteiger charge is 2.18. The summed E-state index contributed by atoms with van der Waals surface area (Å²) in [6.07, 6.45) is 21.6. The van der Waals surface area contributed by atoms with E-state index < -0.39 is 0 Å². The van der Waals surface area contributed by atoms with Crippen molar-refractivity contribution < 1.29 is 0 Å². The van der Waals surface area contributed by atoms with Crippen molar-refractivity contribution in [2.45, 2.75) is 46.0 Å². The van der Waals surface area contributed by atoms with Gasteiger partial charge in [0.25, 0.3) is 0 Å². The second-order valence-electron chi connectivity index (χ2n) is 10.4. The molecule has 0 unspecified atom stereocenters. The lowest BCUT2D eigenvalue weighted by Crippen LogP contribution is -2.20. The van der Waals surface area contributed by atoms with Crippen LogP contribution in [0.1, 0.15) is 50.4 Å². The molecule has 8 nitrogen and oxygen atoms in total. The van der Waals surface area contributed by atoms with E-state index >= 15 is 0 Å². The van der Waals surface area contributed by atoms with Gasteiger partial charge in [-0.2, -0.15) is 5.10 Å². The first-order valence-electron chi connectivity index (χ1n) is 13.8. The summed E-state index contributed by atoms with van der Waals surface area (Å²) in [6.45, 7) is 12.4. The van der Waals surface area contributed by atoms with Crippen molar-refractivity contribution in [1.29, 1.82) is 0 Å². The van der Waals surface area contributed by atoms with E-state index in [0.29, 0.717) is 5.92 Å². The number of allylic oxidation sites excluding steroid dienone is 5. The summed E-state index contributed by atoms with van der Waals surface area (Å²) in [7, 11) is 0. The van der Waals surface area contributed by atoms with Crippen LogP contribution in [0.15, 0.2) is 86.0 Å². The zero-order valence-electron chi connectivity index (χ0n) is 23.0. The molecule has 1 saturated carbocycles. The van der Waals surface area contributed by atoms with Crippen molar-refractivity contribution in [3.63, 3.8) is 0 Å². The van der Waals surface area contributed by atoms with Gasteiger partial charge in [0, 0.05) is 28.4 Å². The quantitative estimate of drug-likeness (QED) is 0.185. The molecule has 6 rings (SSSR count). The first-order valence-corrected chi connectivity index (χ1v) is 13.8. The van der Waals surface area contributed by atoms with Crippen LogP contribution >= 0.6 is 0 Å². The highest BCUT2D eigenvalue weighted by molar-refractivity contribution is 5.98. The molecule has 5 heterocycles. The molecule has 3 N–H and O–H groups in total. The highest BCUT2D eigenvalue weighted by atomic mass is 15.1. The predicted octanol–water partition coefficient (Wildman–Crippen LogP) is 7.15. The molecule has 0 aromatic carbocycles. The molecular weight excluding hydrogens is 496 g/mol. The Morgan fingerprint density at radius 3 is 2.67 bits per heavy atom. The van der Waals surface area contributed by atoms with E-state index in [1.807, 2.05) is 55.6 Å². The fourth-order valence-corrected chi connectivity index (χ4v) is 5.56. The Balaban J connectivity index is 1.33. The van der Waals surface area contributed by atoms with Crippen molar-refractivity contribution in [3.05, 3.63) is 97.4 Å². The number of rotatable bonds is 8. The van der Waals surface area contributed by atoms with E-state index in [4.69, 9.17) is 4.98 Å². The van der Waals surface area contributed by atoms with Crippen LogP contribution in [0.3, 0.4) is 0 Å². The SMILES string of the molecule is C=C/C(=C\C(=C/C)c1cc2c(-c3cc4c(-n5cnc(C)c5)cncc4[nH]3)n[nH]c2cn1)NC(=C)C1CCCCC1. The lowest BCUT2D eigenvalue weighted by molar-refractivity contribution is 0.393. The molecule has 8 heteroatoms. The van der Waals surface area contributed by atoms with Gasteiger partial charge in [0.15, 0.2) is 0 Å². The molecule has 202 valence electrons. The predicted molar refractivity (Wildman–Crippen MR) is 162 cm³/mol. The third-order valence-corrected chi connectivity index (χ3v) is 7.76. The van der Waals surface area contributed by atoms with E-state index in [9.17, 15) is 0 Å². The molecule has 0 spiro atoms. The summed E-state index contributed by atoms with van der Waals surface area (Å²) in [5, 5.41) is 13.3. The fraction of sp³-hybridized carbons (Fsp3) is 0.250. The highest BCUT2D eigenvalue weighted by Crippen LogP contribution is 2.32. The first-order chi connectivity index (χ1) is 19.5. The molecule has 0 radical (unpaired) electrons. The van der Waals surface area contributed by atoms with Crippen molar-refractivity contribution in [2.75, 3.05) is 0 Å². The lowest BCUT2D eigenvalue weighted by atomic mass is 9.87. The molecule has 5 aromatic heterocycles. The summed E-state index contributed by atoms with van der Waals surface area (Å²) < 4.78 is 1.99. The van der Waals surface area contributed by atoms with Gasteiger partial charge >= 0.3 is 0 Å². The smallest absolute Gasteiger partial charge is 0.116 e. The van der Waals surface area contributed by atoms with E-state index in [1.165, 1.54) is 32.1 Å². The maximum absolute atomic E-state index is 4.74. The maximum atomic E-state index is 4.74. The van der Waals surface area contributed by atoms with Gasteiger partial charge in [0.2, 0.25) is 0 Å². The topological polar surface area (TPSA) is 100 Å². The number of pyridine rings is 2. The lowest BCUT2D eigenvalue weighted by Gasteiger charge is -2.25. The van der Waals surface area contributed by atoms with Crippen molar-refractivity contribution in [1.82, 2.24) is 40.0 Å². The number of aromatic amines is 2. The second-order valence-corrected chi connectivity index (χ2v) is 10.4. The molecule has 40 heavy (non-hydrogen) atoms. The Hall–Kier alpha value is -4.72. The van der Waals surface area contributed by atoms with E-state index in [-0.39, 0.29) is 0 Å². The van der Waals surface area contributed by atoms with Crippen molar-refractivity contribution in [3.8, 4) is 17.1 Å². The minimum Gasteiger partial charge on any atom is -0.359 e. The number of aromatic nitrogens is 7. The Morgan fingerprint density at radius 1 is 1.07 bits per heavy atom. The summed E-state index contributed by atoms with van der Waals surface area (Å²) in [6, 6.07) is 4.20. The number of H-pyrrole nitrogens is 2. The van der Waals surface area contributed by atoms with Gasteiger partial charge in [-0.1, -0.05) is 38.5 Å². The molecule has 5 aromatic rings. The fourth-order valence-electron chi connectivity index (χ4n) is 5.56. The molecule has 0 aliphatic heterocycles. The summed E-state index contributed by atoms with van der Waals surface area (Å²) in [5.74, 6) is 0.513. The van der Waals surface area contributed by atoms with E-state index in [1.54, 1.807) is 0 Å². The Kier molecular flexibility index (Phi) is 6.90. The number of hydrogen-bond acceptors (Lipinski definition) is 5. The molecule has 1 fully saturated rings. The molecule has 0 atom stereocenters. The van der Waals surface area contributed by atoms with Crippen molar-refractivity contribution in [2.24, 2.45) is 5.92 Å². The van der Waals surface area contributed by atoms with Gasteiger partial charge in [-0.3, -0.25) is 15.1 Å². The normalized spacial score (nSPS) is 15.2. The summed E-state index contributed by atoms with van der Waals surface area (Å²) >= 11 is 0. The molecule has 1 aliphatic carbocycles. The third kappa shape index (κ3) is 4.88. The van der Waals surface area contributed by atoms with Crippen LogP contribution in [0, 0.1) is 12.8 Å². The van der Waals surface area contributed by atoms with Crippen LogP contribution in [0.25, 0.3) is 44.5 Å². The van der Waals surface area contributed by atoms with Gasteiger partial charge in [0.1, 0.15) is 5.69 Å². The van der Waals surface area contributed by atoms with Crippen LogP contribution in [0.5, 0.6) is 0 Å². The number of hydrogen-bond donors (Lipinski definition) is 3. The van der Waals surface area contributed by atoms with Crippen molar-refractivity contribution >= 4 is 27.4 Å². The van der Waals surface area contributed by atoms with Crippen LogP contribution in [0.4, 0.5) is 0 Å². The number of fused-ring (bicyclic) bond motifs is 2.